The van der Waals surface area contributed by atoms with Gasteiger partial charge in [-0.25, -0.2) is 4.98 Å². The number of aliphatic hydroxyl groups excluding tert-OH is 1. The molecule has 4 heteroatoms. The number of hydrogen-bond donors (Lipinski definition) is 1. The Morgan fingerprint density at radius 1 is 1.29 bits per heavy atom. The molecule has 1 aromatic heterocycles. The second kappa shape index (κ2) is 5.96. The van der Waals surface area contributed by atoms with Gasteiger partial charge in [0.25, 0.3) is 0 Å². The fraction of sp³-hybridized carbons (Fsp3) is 0.692. The van der Waals surface area contributed by atoms with Gasteiger partial charge in [0.1, 0.15) is 11.8 Å². The Morgan fingerprint density at radius 3 is 2.71 bits per heavy atom. The quantitative estimate of drug-likeness (QED) is 0.872. The van der Waals surface area contributed by atoms with Crippen LogP contribution in [0, 0.1) is 5.92 Å². The maximum absolute atomic E-state index is 10.2. The van der Waals surface area contributed by atoms with E-state index in [0.29, 0.717) is 17.5 Å². The fourth-order valence-electron chi connectivity index (χ4n) is 2.57. The predicted molar refractivity (Wildman–Crippen MR) is 64.7 cm³/mol. The molecule has 1 aromatic rings. The normalized spacial score (nSPS) is 18.9. The van der Waals surface area contributed by atoms with Crippen LogP contribution in [0.2, 0.25) is 0 Å². The molecule has 0 radical (unpaired) electrons. The van der Waals surface area contributed by atoms with Crippen LogP contribution in [0.3, 0.4) is 0 Å². The topological polar surface area (TPSA) is 55.2 Å². The van der Waals surface area contributed by atoms with Gasteiger partial charge in [-0.15, -0.1) is 0 Å². The highest BCUT2D eigenvalue weighted by Crippen LogP contribution is 2.33. The first-order chi connectivity index (χ1) is 8.31. The molecule has 0 aromatic carbocycles. The number of hydrogen-bond acceptors (Lipinski definition) is 4. The van der Waals surface area contributed by atoms with Crippen molar-refractivity contribution in [2.45, 2.75) is 44.6 Å². The largest absolute Gasteiger partial charge is 0.480 e. The molecule has 2 rings (SSSR count). The molecular formula is C13H20N2O2. The summed E-state index contributed by atoms with van der Waals surface area (Å²) in [5.74, 6) is 1.06. The van der Waals surface area contributed by atoms with Gasteiger partial charge in [0.05, 0.1) is 7.11 Å². The zero-order valence-corrected chi connectivity index (χ0v) is 10.3. The molecule has 17 heavy (non-hydrogen) atoms. The zero-order valence-electron chi connectivity index (χ0n) is 10.3. The van der Waals surface area contributed by atoms with E-state index in [1.807, 2.05) is 0 Å². The summed E-state index contributed by atoms with van der Waals surface area (Å²) in [6, 6.07) is 0. The summed E-state index contributed by atoms with van der Waals surface area (Å²) in [5, 5.41) is 10.2. The second-order valence-corrected chi connectivity index (χ2v) is 4.71. The first-order valence-corrected chi connectivity index (χ1v) is 6.34. The lowest BCUT2D eigenvalue weighted by Crippen LogP contribution is -2.13. The third-order valence-corrected chi connectivity index (χ3v) is 3.48. The van der Waals surface area contributed by atoms with E-state index in [2.05, 4.69) is 9.97 Å². The molecule has 1 saturated carbocycles. The fourth-order valence-corrected chi connectivity index (χ4v) is 2.57. The van der Waals surface area contributed by atoms with Crippen LogP contribution in [-0.4, -0.2) is 22.2 Å². The number of aromatic nitrogens is 2. The molecule has 0 bridgehead atoms. The smallest absolute Gasteiger partial charge is 0.238 e. The van der Waals surface area contributed by atoms with Crippen LogP contribution in [-0.2, 0) is 0 Å². The van der Waals surface area contributed by atoms with Crippen LogP contribution < -0.4 is 4.74 Å². The maximum Gasteiger partial charge on any atom is 0.238 e. The number of nitrogens with zero attached hydrogens (tertiary/aromatic N) is 2. The van der Waals surface area contributed by atoms with Crippen LogP contribution in [0.1, 0.15) is 50.3 Å². The Labute approximate surface area is 102 Å². The van der Waals surface area contributed by atoms with Crippen LogP contribution >= 0.6 is 0 Å². The second-order valence-electron chi connectivity index (χ2n) is 4.71. The molecule has 1 aliphatic carbocycles. The lowest BCUT2D eigenvalue weighted by Gasteiger charge is -2.24. The lowest BCUT2D eigenvalue weighted by molar-refractivity contribution is 0.123. The van der Waals surface area contributed by atoms with Crippen LogP contribution in [0.5, 0.6) is 5.88 Å². The third-order valence-electron chi connectivity index (χ3n) is 3.48. The molecule has 1 aliphatic rings. The minimum atomic E-state index is -0.554. The van der Waals surface area contributed by atoms with E-state index in [1.165, 1.54) is 32.1 Å². The Balaban J connectivity index is 2.00. The highest BCUT2D eigenvalue weighted by Gasteiger charge is 2.22. The van der Waals surface area contributed by atoms with Gasteiger partial charge < -0.3 is 9.84 Å². The summed E-state index contributed by atoms with van der Waals surface area (Å²) < 4.78 is 5.12. The van der Waals surface area contributed by atoms with E-state index in [4.69, 9.17) is 4.74 Å². The summed E-state index contributed by atoms with van der Waals surface area (Å²) in [4.78, 5) is 8.24. The highest BCUT2D eigenvalue weighted by atomic mass is 16.5. The van der Waals surface area contributed by atoms with Crippen molar-refractivity contribution in [1.82, 2.24) is 9.97 Å². The lowest BCUT2D eigenvalue weighted by atomic mass is 9.85. The molecular weight excluding hydrogens is 216 g/mol. The van der Waals surface area contributed by atoms with Crippen LogP contribution in [0.4, 0.5) is 0 Å². The minimum absolute atomic E-state index is 0.441. The SMILES string of the molecule is COc1nccnc1C(O)CC1CCCCC1. The van der Waals surface area contributed by atoms with Gasteiger partial charge in [-0.3, -0.25) is 4.98 Å². The average molecular weight is 236 g/mol. The average Bonchev–Trinajstić information content (AvgIpc) is 2.40. The van der Waals surface area contributed by atoms with Gasteiger partial charge in [0, 0.05) is 12.4 Å². The summed E-state index contributed by atoms with van der Waals surface area (Å²) in [6.45, 7) is 0. The standard InChI is InChI=1S/C13H20N2O2/c1-17-13-12(14-7-8-15-13)11(16)9-10-5-3-2-4-6-10/h7-8,10-11,16H,2-6,9H2,1H3. The van der Waals surface area contributed by atoms with Gasteiger partial charge in [-0.05, 0) is 12.3 Å². The highest BCUT2D eigenvalue weighted by molar-refractivity contribution is 5.19. The van der Waals surface area contributed by atoms with Crippen molar-refractivity contribution >= 4 is 0 Å². The van der Waals surface area contributed by atoms with E-state index in [0.717, 1.165) is 6.42 Å². The molecule has 0 amide bonds. The molecule has 1 atom stereocenters. The first kappa shape index (κ1) is 12.3. The monoisotopic (exact) mass is 236 g/mol. The van der Waals surface area contributed by atoms with E-state index in [-0.39, 0.29) is 0 Å². The molecule has 1 fully saturated rings. The predicted octanol–water partition coefficient (Wildman–Crippen LogP) is 2.49. The number of methoxy groups -OCH3 is 1. The number of rotatable bonds is 4. The van der Waals surface area contributed by atoms with Crippen molar-refractivity contribution in [3.8, 4) is 5.88 Å². The summed E-state index contributed by atoms with van der Waals surface area (Å²) in [5.41, 5.74) is 0.570. The molecule has 1 heterocycles. The maximum atomic E-state index is 10.2. The van der Waals surface area contributed by atoms with Gasteiger partial charge >= 0.3 is 0 Å². The van der Waals surface area contributed by atoms with Crippen LogP contribution in [0.25, 0.3) is 0 Å². The summed E-state index contributed by atoms with van der Waals surface area (Å²) in [6.07, 6.45) is 9.75. The van der Waals surface area contributed by atoms with Gasteiger partial charge in [0.15, 0.2) is 0 Å². The van der Waals surface area contributed by atoms with Crippen molar-refractivity contribution < 1.29 is 9.84 Å². The Morgan fingerprint density at radius 2 is 2.00 bits per heavy atom. The van der Waals surface area contributed by atoms with Gasteiger partial charge in [-0.1, -0.05) is 32.1 Å². The van der Waals surface area contributed by atoms with E-state index >= 15 is 0 Å². The first-order valence-electron chi connectivity index (χ1n) is 6.34. The molecule has 0 spiro atoms. The van der Waals surface area contributed by atoms with Crippen molar-refractivity contribution in [2.75, 3.05) is 7.11 Å². The van der Waals surface area contributed by atoms with Gasteiger partial charge in [-0.2, -0.15) is 0 Å². The molecule has 94 valence electrons. The van der Waals surface area contributed by atoms with E-state index < -0.39 is 6.10 Å². The van der Waals surface area contributed by atoms with Crippen molar-refractivity contribution in [3.05, 3.63) is 18.1 Å². The molecule has 1 unspecified atom stereocenters. The van der Waals surface area contributed by atoms with Crippen molar-refractivity contribution in [3.63, 3.8) is 0 Å². The molecule has 1 N–H and O–H groups in total. The third kappa shape index (κ3) is 3.16. The minimum Gasteiger partial charge on any atom is -0.480 e. The molecule has 0 saturated heterocycles. The zero-order chi connectivity index (χ0) is 12.1. The summed E-state index contributed by atoms with van der Waals surface area (Å²) >= 11 is 0. The number of aliphatic hydroxyl groups is 1. The Hall–Kier alpha value is -1.16. The Kier molecular flexibility index (Phi) is 4.31. The van der Waals surface area contributed by atoms with Crippen LogP contribution in [0.15, 0.2) is 12.4 Å². The number of ether oxygens (including phenoxy) is 1. The van der Waals surface area contributed by atoms with Crippen molar-refractivity contribution in [1.29, 1.82) is 0 Å². The molecule has 4 nitrogen and oxygen atoms in total. The Bertz CT molecular complexity index is 351. The van der Waals surface area contributed by atoms with Gasteiger partial charge in [0.2, 0.25) is 5.88 Å². The van der Waals surface area contributed by atoms with Crippen molar-refractivity contribution in [2.24, 2.45) is 5.92 Å². The van der Waals surface area contributed by atoms with E-state index in [1.54, 1.807) is 19.5 Å². The van der Waals surface area contributed by atoms with E-state index in [9.17, 15) is 5.11 Å². The molecule has 0 aliphatic heterocycles. The summed E-state index contributed by atoms with van der Waals surface area (Å²) in [7, 11) is 1.56.